The van der Waals surface area contributed by atoms with Crippen LogP contribution in [0.15, 0.2) is 40.2 Å². The van der Waals surface area contributed by atoms with E-state index in [1.807, 2.05) is 18.2 Å². The molecule has 1 N–H and O–H groups in total. The van der Waals surface area contributed by atoms with Crippen molar-refractivity contribution < 1.29 is 4.42 Å². The summed E-state index contributed by atoms with van der Waals surface area (Å²) < 4.78 is 5.77. The van der Waals surface area contributed by atoms with Crippen molar-refractivity contribution >= 4 is 11.8 Å². The van der Waals surface area contributed by atoms with Crippen LogP contribution in [0.1, 0.15) is 32.3 Å². The highest BCUT2D eigenvalue weighted by molar-refractivity contribution is 7.98. The quantitative estimate of drug-likeness (QED) is 0.671. The maximum absolute atomic E-state index is 5.77. The average molecular weight is 277 g/mol. The van der Waals surface area contributed by atoms with Crippen LogP contribution in [0.2, 0.25) is 0 Å². The van der Waals surface area contributed by atoms with Crippen molar-refractivity contribution in [3.8, 4) is 0 Å². The number of furan rings is 1. The highest BCUT2D eigenvalue weighted by atomic mass is 32.2. The molecule has 0 aliphatic carbocycles. The maximum atomic E-state index is 5.77. The van der Waals surface area contributed by atoms with Gasteiger partial charge in [0.05, 0.1) is 17.3 Å². The van der Waals surface area contributed by atoms with Crippen LogP contribution in [0.5, 0.6) is 0 Å². The lowest BCUT2D eigenvalue weighted by Crippen LogP contribution is -2.34. The van der Waals surface area contributed by atoms with Crippen LogP contribution in [0, 0.1) is 0 Å². The third-order valence-electron chi connectivity index (χ3n) is 2.43. The Hall–Kier alpha value is -1.33. The normalized spacial score (nSPS) is 11.7. The fraction of sp³-hybridized carbons (Fsp3) is 0.429. The van der Waals surface area contributed by atoms with Gasteiger partial charge in [0.15, 0.2) is 0 Å². The summed E-state index contributed by atoms with van der Waals surface area (Å²) in [6.07, 6.45) is 3.30. The lowest BCUT2D eigenvalue weighted by Gasteiger charge is -2.19. The summed E-state index contributed by atoms with van der Waals surface area (Å²) in [6, 6.07) is 5.94. The predicted molar refractivity (Wildman–Crippen MR) is 76.9 cm³/mol. The summed E-state index contributed by atoms with van der Waals surface area (Å²) in [5.74, 6) is 2.72. The zero-order valence-corrected chi connectivity index (χ0v) is 12.3. The summed E-state index contributed by atoms with van der Waals surface area (Å²) in [5, 5.41) is 4.36. The Kier molecular flexibility index (Phi) is 4.61. The summed E-state index contributed by atoms with van der Waals surface area (Å²) in [4.78, 5) is 8.06. The molecule has 0 radical (unpaired) electrons. The Morgan fingerprint density at radius 3 is 2.68 bits per heavy atom. The third kappa shape index (κ3) is 5.04. The summed E-state index contributed by atoms with van der Waals surface area (Å²) >= 11 is 1.65. The van der Waals surface area contributed by atoms with E-state index in [9.17, 15) is 0 Å². The van der Waals surface area contributed by atoms with E-state index in [-0.39, 0.29) is 5.54 Å². The zero-order valence-electron chi connectivity index (χ0n) is 11.5. The Morgan fingerprint density at radius 2 is 2.00 bits per heavy atom. The van der Waals surface area contributed by atoms with Gasteiger partial charge in [-0.2, -0.15) is 0 Å². The fourth-order valence-electron chi connectivity index (χ4n) is 1.46. The Morgan fingerprint density at radius 1 is 1.21 bits per heavy atom. The monoisotopic (exact) mass is 277 g/mol. The number of hydrogen-bond acceptors (Lipinski definition) is 5. The van der Waals surface area contributed by atoms with E-state index in [0.717, 1.165) is 28.8 Å². The lowest BCUT2D eigenvalue weighted by molar-refractivity contribution is 0.382. The molecule has 0 saturated heterocycles. The van der Waals surface area contributed by atoms with Gasteiger partial charge >= 0.3 is 0 Å². The molecule has 0 unspecified atom stereocenters. The minimum Gasteiger partial charge on any atom is -0.464 e. The zero-order chi connectivity index (χ0) is 13.7. The predicted octanol–water partition coefficient (Wildman–Crippen LogP) is 3.25. The highest BCUT2D eigenvalue weighted by Gasteiger charge is 2.10. The highest BCUT2D eigenvalue weighted by Crippen LogP contribution is 2.21. The van der Waals surface area contributed by atoms with E-state index in [0.29, 0.717) is 0 Å². The second kappa shape index (κ2) is 6.21. The van der Waals surface area contributed by atoms with E-state index < -0.39 is 0 Å². The molecule has 0 aromatic carbocycles. The van der Waals surface area contributed by atoms with Gasteiger partial charge in [-0.25, -0.2) is 9.97 Å². The number of aromatic nitrogens is 2. The van der Waals surface area contributed by atoms with Gasteiger partial charge in [0.2, 0.25) is 0 Å². The molecule has 2 rings (SSSR count). The van der Waals surface area contributed by atoms with E-state index in [1.54, 1.807) is 24.3 Å². The van der Waals surface area contributed by atoms with Gasteiger partial charge in [-0.15, -0.1) is 0 Å². The van der Waals surface area contributed by atoms with Crippen molar-refractivity contribution in [1.29, 1.82) is 0 Å². The first-order chi connectivity index (χ1) is 9.03. The van der Waals surface area contributed by atoms with Gasteiger partial charge in [0, 0.05) is 11.7 Å². The first kappa shape index (κ1) is 14.1. The molecule has 102 valence electrons. The van der Waals surface area contributed by atoms with Crippen molar-refractivity contribution in [2.45, 2.75) is 43.6 Å². The fourth-order valence-corrected chi connectivity index (χ4v) is 2.18. The van der Waals surface area contributed by atoms with E-state index in [2.05, 4.69) is 36.1 Å². The molecule has 0 saturated carbocycles. The standard InChI is InChI=1S/C14H19N3OS/c1-14(2,3)17-8-11-4-5-12(18-11)9-19-13-6-7-15-10-16-13/h4-7,10,17H,8-9H2,1-3H3. The van der Waals surface area contributed by atoms with Crippen molar-refractivity contribution in [3.63, 3.8) is 0 Å². The molecular weight excluding hydrogens is 258 g/mol. The second-order valence-corrected chi connectivity index (χ2v) is 6.30. The van der Waals surface area contributed by atoms with Gasteiger partial charge in [0.1, 0.15) is 17.8 Å². The molecule has 0 bridgehead atoms. The Bertz CT molecular complexity index is 505. The van der Waals surface area contributed by atoms with Crippen LogP contribution < -0.4 is 5.32 Å². The van der Waals surface area contributed by atoms with Gasteiger partial charge < -0.3 is 9.73 Å². The van der Waals surface area contributed by atoms with Crippen molar-refractivity contribution in [2.24, 2.45) is 0 Å². The Balaban J connectivity index is 1.84. The van der Waals surface area contributed by atoms with Gasteiger partial charge in [-0.05, 0) is 39.0 Å². The minimum atomic E-state index is 0.0999. The smallest absolute Gasteiger partial charge is 0.118 e. The molecule has 0 aliphatic rings. The van der Waals surface area contributed by atoms with Crippen LogP contribution in [0.4, 0.5) is 0 Å². The number of thioether (sulfide) groups is 1. The molecule has 2 heterocycles. The number of rotatable bonds is 5. The first-order valence-electron chi connectivity index (χ1n) is 6.24. The van der Waals surface area contributed by atoms with Gasteiger partial charge in [-0.3, -0.25) is 0 Å². The first-order valence-corrected chi connectivity index (χ1v) is 7.23. The molecule has 0 spiro atoms. The third-order valence-corrected chi connectivity index (χ3v) is 3.39. The lowest BCUT2D eigenvalue weighted by atomic mass is 10.1. The SMILES string of the molecule is CC(C)(C)NCc1ccc(CSc2ccncn2)o1. The molecule has 19 heavy (non-hydrogen) atoms. The van der Waals surface area contributed by atoms with Crippen LogP contribution >= 0.6 is 11.8 Å². The maximum Gasteiger partial charge on any atom is 0.118 e. The molecule has 0 atom stereocenters. The van der Waals surface area contributed by atoms with E-state index in [1.165, 1.54) is 0 Å². The molecule has 0 amide bonds. The van der Waals surface area contributed by atoms with Crippen molar-refractivity contribution in [2.75, 3.05) is 0 Å². The summed E-state index contributed by atoms with van der Waals surface area (Å²) in [6.45, 7) is 7.17. The minimum absolute atomic E-state index is 0.0999. The molecule has 2 aromatic rings. The number of nitrogens with zero attached hydrogens (tertiary/aromatic N) is 2. The summed E-state index contributed by atoms with van der Waals surface area (Å²) in [7, 11) is 0. The van der Waals surface area contributed by atoms with Crippen LogP contribution in [0.25, 0.3) is 0 Å². The van der Waals surface area contributed by atoms with Gasteiger partial charge in [-0.1, -0.05) is 11.8 Å². The van der Waals surface area contributed by atoms with Crippen LogP contribution in [0.3, 0.4) is 0 Å². The second-order valence-electron chi connectivity index (χ2n) is 5.31. The molecular formula is C14H19N3OS. The van der Waals surface area contributed by atoms with Crippen LogP contribution in [-0.2, 0) is 12.3 Å². The topological polar surface area (TPSA) is 51.0 Å². The summed E-state index contributed by atoms with van der Waals surface area (Å²) in [5.41, 5.74) is 0.0999. The van der Waals surface area contributed by atoms with E-state index >= 15 is 0 Å². The molecule has 0 fully saturated rings. The molecule has 4 nitrogen and oxygen atoms in total. The molecule has 0 aliphatic heterocycles. The molecule has 5 heteroatoms. The average Bonchev–Trinajstić information content (AvgIpc) is 2.82. The molecule has 2 aromatic heterocycles. The number of hydrogen-bond donors (Lipinski definition) is 1. The number of nitrogens with one attached hydrogen (secondary N) is 1. The van der Waals surface area contributed by atoms with E-state index in [4.69, 9.17) is 4.42 Å². The Labute approximate surface area is 118 Å². The van der Waals surface area contributed by atoms with Crippen LogP contribution in [-0.4, -0.2) is 15.5 Å². The van der Waals surface area contributed by atoms with Crippen molar-refractivity contribution in [3.05, 3.63) is 42.2 Å². The largest absolute Gasteiger partial charge is 0.464 e. The van der Waals surface area contributed by atoms with Crippen molar-refractivity contribution in [1.82, 2.24) is 15.3 Å². The van der Waals surface area contributed by atoms with Gasteiger partial charge in [0.25, 0.3) is 0 Å².